The molecule has 0 aliphatic carbocycles. The van der Waals surface area contributed by atoms with Gasteiger partial charge < -0.3 is 4.84 Å². The van der Waals surface area contributed by atoms with Crippen molar-refractivity contribution in [3.8, 4) is 6.07 Å². The van der Waals surface area contributed by atoms with Gasteiger partial charge in [0.1, 0.15) is 12.8 Å². The Balaban J connectivity index is 2.43. The summed E-state index contributed by atoms with van der Waals surface area (Å²) < 4.78 is 0. The molecule has 0 heterocycles. The summed E-state index contributed by atoms with van der Waals surface area (Å²) in [7, 11) is 1.52. The summed E-state index contributed by atoms with van der Waals surface area (Å²) in [5.41, 5.74) is 3.28. The van der Waals surface area contributed by atoms with Crippen LogP contribution in [0.4, 0.5) is 0 Å². The van der Waals surface area contributed by atoms with E-state index >= 15 is 0 Å². The van der Waals surface area contributed by atoms with Gasteiger partial charge in [0, 0.05) is 11.1 Å². The molecule has 18 heavy (non-hydrogen) atoms. The quantitative estimate of drug-likeness (QED) is 0.607. The summed E-state index contributed by atoms with van der Waals surface area (Å²) in [6.45, 7) is 0. The first kappa shape index (κ1) is 11.9. The van der Waals surface area contributed by atoms with Crippen LogP contribution in [0.2, 0.25) is 0 Å². The van der Waals surface area contributed by atoms with Crippen molar-refractivity contribution in [2.24, 2.45) is 5.16 Å². The van der Waals surface area contributed by atoms with E-state index in [1.165, 1.54) is 7.11 Å². The van der Waals surface area contributed by atoms with Gasteiger partial charge >= 0.3 is 0 Å². The Morgan fingerprint density at radius 3 is 2.17 bits per heavy atom. The molecule has 0 bridgehead atoms. The fraction of sp³-hybridized carbons (Fsp3) is 0.0667. The Bertz CT molecular complexity index is 580. The van der Waals surface area contributed by atoms with Crippen molar-refractivity contribution >= 4 is 5.71 Å². The topological polar surface area (TPSA) is 45.4 Å². The number of rotatable bonds is 3. The van der Waals surface area contributed by atoms with Crippen LogP contribution in [0.25, 0.3) is 0 Å². The molecule has 0 saturated heterocycles. The van der Waals surface area contributed by atoms with E-state index in [0.29, 0.717) is 5.56 Å². The number of oxime groups is 1. The zero-order chi connectivity index (χ0) is 12.8. The van der Waals surface area contributed by atoms with Crippen LogP contribution in [-0.2, 0) is 4.84 Å². The van der Waals surface area contributed by atoms with E-state index in [2.05, 4.69) is 11.2 Å². The first-order chi connectivity index (χ1) is 8.85. The predicted molar refractivity (Wildman–Crippen MR) is 70.2 cm³/mol. The smallest absolute Gasteiger partial charge is 0.117 e. The van der Waals surface area contributed by atoms with Crippen LogP contribution in [0, 0.1) is 11.3 Å². The molecule has 3 nitrogen and oxygen atoms in total. The monoisotopic (exact) mass is 236 g/mol. The van der Waals surface area contributed by atoms with E-state index in [4.69, 9.17) is 10.1 Å². The maximum absolute atomic E-state index is 8.78. The van der Waals surface area contributed by atoms with E-state index in [1.807, 2.05) is 42.5 Å². The van der Waals surface area contributed by atoms with Crippen LogP contribution in [-0.4, -0.2) is 12.8 Å². The molecule has 0 aliphatic rings. The summed E-state index contributed by atoms with van der Waals surface area (Å²) in [6, 6.07) is 19.1. The lowest BCUT2D eigenvalue weighted by Gasteiger charge is -2.06. The van der Waals surface area contributed by atoms with Gasteiger partial charge in [-0.3, -0.25) is 0 Å². The summed E-state index contributed by atoms with van der Waals surface area (Å²) in [6.07, 6.45) is 0. The standard InChI is InChI=1S/C15H12N2O/c1-18-17-15(13-5-3-2-4-6-13)14-9-7-12(11-16)8-10-14/h2-10H,1H3/b17-15-. The van der Waals surface area contributed by atoms with Gasteiger partial charge in [0.05, 0.1) is 11.6 Å². The SMILES string of the molecule is CO/N=C(/c1ccccc1)c1ccc(C#N)cc1. The molecular weight excluding hydrogens is 224 g/mol. The van der Waals surface area contributed by atoms with Crippen molar-refractivity contribution in [1.29, 1.82) is 5.26 Å². The van der Waals surface area contributed by atoms with Gasteiger partial charge in [-0.2, -0.15) is 5.26 Å². The molecule has 0 aliphatic heterocycles. The van der Waals surface area contributed by atoms with Crippen molar-refractivity contribution in [2.45, 2.75) is 0 Å². The Morgan fingerprint density at radius 1 is 1.00 bits per heavy atom. The molecule has 0 fully saturated rings. The summed E-state index contributed by atoms with van der Waals surface area (Å²) in [4.78, 5) is 4.89. The third-order valence-electron chi connectivity index (χ3n) is 2.52. The molecule has 0 aromatic heterocycles. The van der Waals surface area contributed by atoms with Gasteiger partial charge in [-0.15, -0.1) is 0 Å². The number of nitrogens with zero attached hydrogens (tertiary/aromatic N) is 2. The second kappa shape index (κ2) is 5.65. The van der Waals surface area contributed by atoms with Gasteiger partial charge in [-0.05, 0) is 12.1 Å². The maximum Gasteiger partial charge on any atom is 0.117 e. The van der Waals surface area contributed by atoms with Gasteiger partial charge in [0.25, 0.3) is 0 Å². The maximum atomic E-state index is 8.78. The van der Waals surface area contributed by atoms with E-state index in [9.17, 15) is 0 Å². The molecule has 2 aromatic carbocycles. The highest BCUT2D eigenvalue weighted by Gasteiger charge is 2.07. The van der Waals surface area contributed by atoms with Crippen molar-refractivity contribution in [3.05, 3.63) is 71.3 Å². The summed E-state index contributed by atoms with van der Waals surface area (Å²) >= 11 is 0. The van der Waals surface area contributed by atoms with Gasteiger partial charge in [-0.25, -0.2) is 0 Å². The highest BCUT2D eigenvalue weighted by molar-refractivity contribution is 6.12. The Kier molecular flexibility index (Phi) is 3.72. The van der Waals surface area contributed by atoms with Gasteiger partial charge in [-0.1, -0.05) is 47.6 Å². The van der Waals surface area contributed by atoms with E-state index in [0.717, 1.165) is 16.8 Å². The lowest BCUT2D eigenvalue weighted by Crippen LogP contribution is -2.03. The molecule has 0 N–H and O–H groups in total. The molecule has 0 unspecified atom stereocenters. The summed E-state index contributed by atoms with van der Waals surface area (Å²) in [5, 5.41) is 12.8. The molecule has 88 valence electrons. The number of nitriles is 1. The minimum absolute atomic E-state index is 0.628. The summed E-state index contributed by atoms with van der Waals surface area (Å²) in [5.74, 6) is 0. The third-order valence-corrected chi connectivity index (χ3v) is 2.52. The van der Waals surface area contributed by atoms with Crippen molar-refractivity contribution in [3.63, 3.8) is 0 Å². The Hall–Kier alpha value is -2.60. The molecule has 0 atom stereocenters. The van der Waals surface area contributed by atoms with Crippen LogP contribution in [0.15, 0.2) is 59.8 Å². The van der Waals surface area contributed by atoms with Crippen molar-refractivity contribution in [1.82, 2.24) is 0 Å². The second-order valence-corrected chi connectivity index (χ2v) is 3.68. The van der Waals surface area contributed by atoms with E-state index in [1.54, 1.807) is 12.1 Å². The predicted octanol–water partition coefficient (Wildman–Crippen LogP) is 2.96. The average Bonchev–Trinajstić information content (AvgIpc) is 2.46. The molecule has 0 radical (unpaired) electrons. The van der Waals surface area contributed by atoms with Crippen LogP contribution < -0.4 is 0 Å². The molecule has 0 amide bonds. The number of benzene rings is 2. The lowest BCUT2D eigenvalue weighted by atomic mass is 10.0. The molecule has 2 aromatic rings. The highest BCUT2D eigenvalue weighted by Crippen LogP contribution is 2.12. The van der Waals surface area contributed by atoms with E-state index in [-0.39, 0.29) is 0 Å². The first-order valence-corrected chi connectivity index (χ1v) is 5.52. The third kappa shape index (κ3) is 2.55. The fourth-order valence-corrected chi connectivity index (χ4v) is 1.66. The van der Waals surface area contributed by atoms with Crippen LogP contribution in [0.3, 0.4) is 0 Å². The molecular formula is C15H12N2O. The molecule has 0 saturated carbocycles. The number of hydrogen-bond acceptors (Lipinski definition) is 3. The zero-order valence-corrected chi connectivity index (χ0v) is 10.00. The van der Waals surface area contributed by atoms with Crippen LogP contribution in [0.1, 0.15) is 16.7 Å². The van der Waals surface area contributed by atoms with Crippen LogP contribution >= 0.6 is 0 Å². The van der Waals surface area contributed by atoms with Crippen LogP contribution in [0.5, 0.6) is 0 Å². The van der Waals surface area contributed by atoms with Crippen molar-refractivity contribution in [2.75, 3.05) is 7.11 Å². The molecule has 3 heteroatoms. The minimum atomic E-state index is 0.628. The lowest BCUT2D eigenvalue weighted by molar-refractivity contribution is 0.214. The Labute approximate surface area is 106 Å². The molecule has 2 rings (SSSR count). The minimum Gasteiger partial charge on any atom is -0.399 e. The zero-order valence-electron chi connectivity index (χ0n) is 10.00. The Morgan fingerprint density at radius 2 is 1.61 bits per heavy atom. The van der Waals surface area contributed by atoms with Gasteiger partial charge in [0.15, 0.2) is 0 Å². The molecule has 0 spiro atoms. The first-order valence-electron chi connectivity index (χ1n) is 5.52. The second-order valence-electron chi connectivity index (χ2n) is 3.68. The average molecular weight is 236 g/mol. The fourth-order valence-electron chi connectivity index (χ4n) is 1.66. The largest absolute Gasteiger partial charge is 0.399 e. The number of hydrogen-bond donors (Lipinski definition) is 0. The van der Waals surface area contributed by atoms with Gasteiger partial charge in [0.2, 0.25) is 0 Å². The highest BCUT2D eigenvalue weighted by atomic mass is 16.6. The normalized spacial score (nSPS) is 10.8. The van der Waals surface area contributed by atoms with Crippen molar-refractivity contribution < 1.29 is 4.84 Å². The van der Waals surface area contributed by atoms with E-state index < -0.39 is 0 Å².